The maximum absolute atomic E-state index is 12.4. The standard InChI is InChI=1S/C21H27N3O2/c1-15-11-16(2)23-21(26-3)19(15)12-22-20(25)14-24-10-9-18(13-24)17-7-5-4-6-8-17/h4-8,11,18H,9-10,12-14H2,1-3H3,(H,22,25)/t18-/m0/s1. The van der Waals surface area contributed by atoms with Crippen LogP contribution in [0, 0.1) is 13.8 Å². The number of pyridine rings is 1. The number of nitrogens with one attached hydrogen (secondary N) is 1. The highest BCUT2D eigenvalue weighted by atomic mass is 16.5. The summed E-state index contributed by atoms with van der Waals surface area (Å²) in [6.45, 7) is 6.73. The molecule has 5 heteroatoms. The molecule has 0 radical (unpaired) electrons. The van der Waals surface area contributed by atoms with Gasteiger partial charge in [0.05, 0.1) is 13.7 Å². The Labute approximate surface area is 155 Å². The van der Waals surface area contributed by atoms with Crippen LogP contribution in [0.1, 0.15) is 34.7 Å². The predicted octanol–water partition coefficient (Wildman–Crippen LogP) is 2.81. The molecular weight excluding hydrogens is 326 g/mol. The average Bonchev–Trinajstić information content (AvgIpc) is 3.09. The minimum absolute atomic E-state index is 0.0424. The summed E-state index contributed by atoms with van der Waals surface area (Å²) in [5.41, 5.74) is 4.30. The minimum atomic E-state index is 0.0424. The van der Waals surface area contributed by atoms with Gasteiger partial charge >= 0.3 is 0 Å². The molecule has 0 unspecified atom stereocenters. The summed E-state index contributed by atoms with van der Waals surface area (Å²) in [5.74, 6) is 1.15. The molecule has 2 heterocycles. The third kappa shape index (κ3) is 4.41. The first kappa shape index (κ1) is 18.4. The Balaban J connectivity index is 1.53. The van der Waals surface area contributed by atoms with Crippen molar-refractivity contribution < 1.29 is 9.53 Å². The number of methoxy groups -OCH3 is 1. The van der Waals surface area contributed by atoms with Crippen LogP contribution in [-0.2, 0) is 11.3 Å². The van der Waals surface area contributed by atoms with Gasteiger partial charge in [-0.05, 0) is 49.9 Å². The quantitative estimate of drug-likeness (QED) is 0.868. The van der Waals surface area contributed by atoms with Crippen LogP contribution >= 0.6 is 0 Å². The van der Waals surface area contributed by atoms with Gasteiger partial charge in [0.1, 0.15) is 0 Å². The zero-order valence-corrected chi connectivity index (χ0v) is 15.8. The molecule has 0 bridgehead atoms. The van der Waals surface area contributed by atoms with E-state index in [1.54, 1.807) is 7.11 Å². The van der Waals surface area contributed by atoms with Crippen molar-refractivity contribution >= 4 is 5.91 Å². The van der Waals surface area contributed by atoms with Gasteiger partial charge in [-0.2, -0.15) is 0 Å². The lowest BCUT2D eigenvalue weighted by atomic mass is 9.99. The Morgan fingerprint density at radius 3 is 2.81 bits per heavy atom. The first-order chi connectivity index (χ1) is 12.6. The second-order valence-electron chi connectivity index (χ2n) is 6.98. The number of rotatable bonds is 6. The molecule has 1 aromatic carbocycles. The number of carbonyl (C=O) groups excluding carboxylic acids is 1. The first-order valence-electron chi connectivity index (χ1n) is 9.12. The van der Waals surface area contributed by atoms with Gasteiger partial charge in [0.25, 0.3) is 0 Å². The number of hydrogen-bond donors (Lipinski definition) is 1. The maximum Gasteiger partial charge on any atom is 0.234 e. The van der Waals surface area contributed by atoms with Crippen LogP contribution in [0.2, 0.25) is 0 Å². The number of carbonyl (C=O) groups is 1. The number of hydrogen-bond acceptors (Lipinski definition) is 4. The van der Waals surface area contributed by atoms with E-state index in [2.05, 4.69) is 39.5 Å². The lowest BCUT2D eigenvalue weighted by Crippen LogP contribution is -2.35. The van der Waals surface area contributed by atoms with Crippen LogP contribution in [0.3, 0.4) is 0 Å². The Morgan fingerprint density at radius 2 is 2.08 bits per heavy atom. The molecule has 3 rings (SSSR count). The molecule has 26 heavy (non-hydrogen) atoms. The molecule has 1 aromatic heterocycles. The van der Waals surface area contributed by atoms with Gasteiger partial charge in [0, 0.05) is 24.3 Å². The number of ether oxygens (including phenoxy) is 1. The Morgan fingerprint density at radius 1 is 1.31 bits per heavy atom. The highest BCUT2D eigenvalue weighted by Crippen LogP contribution is 2.26. The topological polar surface area (TPSA) is 54.5 Å². The zero-order valence-electron chi connectivity index (χ0n) is 15.8. The van der Waals surface area contributed by atoms with E-state index in [4.69, 9.17) is 4.74 Å². The summed E-state index contributed by atoms with van der Waals surface area (Å²) in [7, 11) is 1.61. The highest BCUT2D eigenvalue weighted by molar-refractivity contribution is 5.78. The molecule has 1 N–H and O–H groups in total. The van der Waals surface area contributed by atoms with Crippen LogP contribution < -0.4 is 10.1 Å². The van der Waals surface area contributed by atoms with E-state index in [9.17, 15) is 4.79 Å². The van der Waals surface area contributed by atoms with Crippen LogP contribution in [0.25, 0.3) is 0 Å². The van der Waals surface area contributed by atoms with Crippen molar-refractivity contribution in [2.75, 3.05) is 26.7 Å². The van der Waals surface area contributed by atoms with Gasteiger partial charge in [-0.1, -0.05) is 30.3 Å². The molecule has 1 fully saturated rings. The SMILES string of the molecule is COc1nc(C)cc(C)c1CNC(=O)CN1CC[C@H](c2ccccc2)C1. The number of likely N-dealkylation sites (tertiary alicyclic amines) is 1. The van der Waals surface area contributed by atoms with Crippen molar-refractivity contribution in [1.82, 2.24) is 15.2 Å². The lowest BCUT2D eigenvalue weighted by molar-refractivity contribution is -0.122. The predicted molar refractivity (Wildman–Crippen MR) is 102 cm³/mol. The van der Waals surface area contributed by atoms with Gasteiger partial charge in [0.2, 0.25) is 11.8 Å². The fraction of sp³-hybridized carbons (Fsp3) is 0.429. The Kier molecular flexibility index (Phi) is 5.89. The summed E-state index contributed by atoms with van der Waals surface area (Å²) in [6, 6.07) is 12.6. The molecule has 1 amide bonds. The molecular formula is C21H27N3O2. The summed E-state index contributed by atoms with van der Waals surface area (Å²) < 4.78 is 5.36. The van der Waals surface area contributed by atoms with E-state index in [1.807, 2.05) is 26.0 Å². The second-order valence-corrected chi connectivity index (χ2v) is 6.98. The number of amides is 1. The van der Waals surface area contributed by atoms with Crippen LogP contribution in [-0.4, -0.2) is 42.5 Å². The number of nitrogens with zero attached hydrogens (tertiary/aromatic N) is 2. The number of benzene rings is 1. The fourth-order valence-electron chi connectivity index (χ4n) is 3.63. The van der Waals surface area contributed by atoms with E-state index in [0.717, 1.165) is 36.3 Å². The van der Waals surface area contributed by atoms with Crippen molar-refractivity contribution in [3.63, 3.8) is 0 Å². The van der Waals surface area contributed by atoms with Crippen molar-refractivity contribution in [3.05, 3.63) is 58.8 Å². The third-order valence-electron chi connectivity index (χ3n) is 5.00. The monoisotopic (exact) mass is 353 g/mol. The molecule has 1 saturated heterocycles. The molecule has 0 spiro atoms. The van der Waals surface area contributed by atoms with E-state index in [0.29, 0.717) is 24.9 Å². The van der Waals surface area contributed by atoms with Gasteiger partial charge in [-0.25, -0.2) is 4.98 Å². The molecule has 1 aliphatic heterocycles. The van der Waals surface area contributed by atoms with Crippen molar-refractivity contribution in [2.24, 2.45) is 0 Å². The molecule has 0 aliphatic carbocycles. The van der Waals surface area contributed by atoms with Gasteiger partial charge < -0.3 is 10.1 Å². The largest absolute Gasteiger partial charge is 0.481 e. The zero-order chi connectivity index (χ0) is 18.5. The normalized spacial score (nSPS) is 17.3. The summed E-state index contributed by atoms with van der Waals surface area (Å²) in [4.78, 5) is 19.0. The number of aryl methyl sites for hydroxylation is 2. The van der Waals surface area contributed by atoms with E-state index in [1.165, 1.54) is 5.56 Å². The second kappa shape index (κ2) is 8.32. The molecule has 1 atom stereocenters. The molecule has 0 saturated carbocycles. The third-order valence-corrected chi connectivity index (χ3v) is 5.00. The van der Waals surface area contributed by atoms with Crippen molar-refractivity contribution in [3.8, 4) is 5.88 Å². The van der Waals surface area contributed by atoms with Gasteiger partial charge in [-0.15, -0.1) is 0 Å². The van der Waals surface area contributed by atoms with E-state index in [-0.39, 0.29) is 5.91 Å². The fourth-order valence-corrected chi connectivity index (χ4v) is 3.63. The lowest BCUT2D eigenvalue weighted by Gasteiger charge is -2.17. The molecule has 138 valence electrons. The Hall–Kier alpha value is -2.40. The summed E-state index contributed by atoms with van der Waals surface area (Å²) >= 11 is 0. The van der Waals surface area contributed by atoms with Crippen LogP contribution in [0.4, 0.5) is 0 Å². The smallest absolute Gasteiger partial charge is 0.234 e. The number of aromatic nitrogens is 1. The van der Waals surface area contributed by atoms with E-state index < -0.39 is 0 Å². The molecule has 5 nitrogen and oxygen atoms in total. The summed E-state index contributed by atoms with van der Waals surface area (Å²) in [6.07, 6.45) is 1.10. The Bertz CT molecular complexity index is 761. The average molecular weight is 353 g/mol. The van der Waals surface area contributed by atoms with Gasteiger partial charge in [-0.3, -0.25) is 9.69 Å². The molecule has 1 aliphatic rings. The van der Waals surface area contributed by atoms with E-state index >= 15 is 0 Å². The maximum atomic E-state index is 12.4. The van der Waals surface area contributed by atoms with Gasteiger partial charge in [0.15, 0.2) is 0 Å². The molecule has 2 aromatic rings. The van der Waals surface area contributed by atoms with Crippen LogP contribution in [0.15, 0.2) is 36.4 Å². The summed E-state index contributed by atoms with van der Waals surface area (Å²) in [5, 5.41) is 3.01. The minimum Gasteiger partial charge on any atom is -0.481 e. The van der Waals surface area contributed by atoms with Crippen LogP contribution in [0.5, 0.6) is 5.88 Å². The van der Waals surface area contributed by atoms with Crippen molar-refractivity contribution in [2.45, 2.75) is 32.7 Å². The highest BCUT2D eigenvalue weighted by Gasteiger charge is 2.25. The van der Waals surface area contributed by atoms with Crippen molar-refractivity contribution in [1.29, 1.82) is 0 Å². The first-order valence-corrected chi connectivity index (χ1v) is 9.12.